The summed E-state index contributed by atoms with van der Waals surface area (Å²) >= 11 is 5.89. The minimum absolute atomic E-state index is 0.148. The highest BCUT2D eigenvalue weighted by atomic mass is 35.5. The number of hydrogen-bond donors (Lipinski definition) is 0. The van der Waals surface area contributed by atoms with Gasteiger partial charge in [-0.15, -0.1) is 0 Å². The van der Waals surface area contributed by atoms with E-state index in [1.807, 2.05) is 24.3 Å². The third-order valence-corrected chi connectivity index (χ3v) is 5.00. The maximum Gasteiger partial charge on any atom is 0.143 e. The molecule has 1 aliphatic rings. The van der Waals surface area contributed by atoms with Crippen molar-refractivity contribution in [2.75, 3.05) is 31.1 Å². The molecule has 2 heterocycles. The predicted octanol–water partition coefficient (Wildman–Crippen LogP) is 4.27. The Hall–Kier alpha value is -2.16. The second-order valence-corrected chi connectivity index (χ2v) is 7.85. The van der Waals surface area contributed by atoms with Crippen LogP contribution >= 0.6 is 11.6 Å². The monoisotopic (exact) mass is 386 g/mol. The van der Waals surface area contributed by atoms with E-state index in [1.54, 1.807) is 6.20 Å². The molecule has 1 aromatic carbocycles. The van der Waals surface area contributed by atoms with Crippen molar-refractivity contribution in [3.8, 4) is 6.07 Å². The summed E-state index contributed by atoms with van der Waals surface area (Å²) in [6.45, 7) is 8.17. The van der Waals surface area contributed by atoms with Crippen LogP contribution in [0.15, 0.2) is 30.5 Å². The maximum absolute atomic E-state index is 14.4. The number of hydrogen-bond acceptors (Lipinski definition) is 4. The molecule has 27 heavy (non-hydrogen) atoms. The molecule has 3 rings (SSSR count). The number of anilines is 1. The van der Waals surface area contributed by atoms with E-state index < -0.39 is 5.82 Å². The van der Waals surface area contributed by atoms with Gasteiger partial charge in [0.1, 0.15) is 17.4 Å². The van der Waals surface area contributed by atoms with Crippen molar-refractivity contribution in [2.24, 2.45) is 5.92 Å². The summed E-state index contributed by atoms with van der Waals surface area (Å²) in [7, 11) is 0. The molecule has 4 nitrogen and oxygen atoms in total. The Kier molecular flexibility index (Phi) is 6.30. The van der Waals surface area contributed by atoms with Crippen LogP contribution in [0.1, 0.15) is 30.7 Å². The molecule has 0 saturated carbocycles. The van der Waals surface area contributed by atoms with Crippen LogP contribution in [0.2, 0.25) is 5.02 Å². The molecule has 6 heteroatoms. The first-order valence-corrected chi connectivity index (χ1v) is 9.64. The van der Waals surface area contributed by atoms with Gasteiger partial charge in [0.2, 0.25) is 0 Å². The zero-order valence-electron chi connectivity index (χ0n) is 15.8. The van der Waals surface area contributed by atoms with Crippen LogP contribution in [0.25, 0.3) is 0 Å². The standard InChI is InChI=1S/C21H24ClFN4/c1-15(2)9-16-10-20(23)19(12-24)21(11-16)27-7-5-26(6-8-27)14-18-4-3-17(22)13-25-18/h3-4,10-11,13,15H,5-9,14H2,1-2H3. The zero-order chi connectivity index (χ0) is 19.4. The van der Waals surface area contributed by atoms with Crippen molar-refractivity contribution >= 4 is 17.3 Å². The van der Waals surface area contributed by atoms with Gasteiger partial charge in [0.05, 0.1) is 16.4 Å². The summed E-state index contributed by atoms with van der Waals surface area (Å²) < 4.78 is 14.4. The molecule has 1 saturated heterocycles. The topological polar surface area (TPSA) is 43.2 Å². The van der Waals surface area contributed by atoms with Crippen molar-refractivity contribution < 1.29 is 4.39 Å². The number of pyridine rings is 1. The summed E-state index contributed by atoms with van der Waals surface area (Å²) in [6.07, 6.45) is 2.47. The van der Waals surface area contributed by atoms with Gasteiger partial charge in [-0.1, -0.05) is 25.4 Å². The molecule has 1 fully saturated rings. The largest absolute Gasteiger partial charge is 0.368 e. The first-order chi connectivity index (χ1) is 13.0. The van der Waals surface area contributed by atoms with Gasteiger partial charge >= 0.3 is 0 Å². The molecule has 0 amide bonds. The minimum Gasteiger partial charge on any atom is -0.368 e. The fraction of sp³-hybridized carbons (Fsp3) is 0.429. The molecule has 0 atom stereocenters. The van der Waals surface area contributed by atoms with E-state index in [0.717, 1.165) is 56.1 Å². The van der Waals surface area contributed by atoms with E-state index in [2.05, 4.69) is 28.6 Å². The molecule has 0 radical (unpaired) electrons. The van der Waals surface area contributed by atoms with E-state index in [-0.39, 0.29) is 5.56 Å². The molecular weight excluding hydrogens is 363 g/mol. The molecule has 1 aromatic heterocycles. The van der Waals surface area contributed by atoms with Crippen LogP contribution in [0.4, 0.5) is 10.1 Å². The Labute approximate surface area is 165 Å². The Balaban J connectivity index is 1.70. The molecule has 0 bridgehead atoms. The first-order valence-electron chi connectivity index (χ1n) is 9.26. The maximum atomic E-state index is 14.4. The number of aromatic nitrogens is 1. The van der Waals surface area contributed by atoms with Crippen molar-refractivity contribution in [1.29, 1.82) is 5.26 Å². The molecule has 0 spiro atoms. The molecule has 1 aliphatic heterocycles. The van der Waals surface area contributed by atoms with E-state index in [4.69, 9.17) is 11.6 Å². The second kappa shape index (κ2) is 8.69. The third-order valence-electron chi connectivity index (χ3n) is 4.77. The average molecular weight is 387 g/mol. The summed E-state index contributed by atoms with van der Waals surface area (Å²) in [5, 5.41) is 10.1. The van der Waals surface area contributed by atoms with E-state index in [9.17, 15) is 9.65 Å². The number of halogens is 2. The second-order valence-electron chi connectivity index (χ2n) is 7.41. The lowest BCUT2D eigenvalue weighted by atomic mass is 9.99. The van der Waals surface area contributed by atoms with Crippen LogP contribution in [0, 0.1) is 23.1 Å². The first kappa shape index (κ1) is 19.6. The molecule has 0 unspecified atom stereocenters. The summed E-state index contributed by atoms with van der Waals surface area (Å²) in [5.41, 5.74) is 2.80. The lowest BCUT2D eigenvalue weighted by Crippen LogP contribution is -2.46. The van der Waals surface area contributed by atoms with Gasteiger partial charge in [0, 0.05) is 38.9 Å². The molecular formula is C21H24ClFN4. The molecule has 0 N–H and O–H groups in total. The minimum atomic E-state index is -0.418. The van der Waals surface area contributed by atoms with Crippen LogP contribution in [0.5, 0.6) is 0 Å². The summed E-state index contributed by atoms with van der Waals surface area (Å²) in [4.78, 5) is 8.78. The number of rotatable bonds is 5. The number of piperazine rings is 1. The lowest BCUT2D eigenvalue weighted by molar-refractivity contribution is 0.247. The third kappa shape index (κ3) is 4.97. The number of nitriles is 1. The van der Waals surface area contributed by atoms with Gasteiger partial charge in [-0.2, -0.15) is 5.26 Å². The predicted molar refractivity (Wildman–Crippen MR) is 106 cm³/mol. The van der Waals surface area contributed by atoms with Gasteiger partial charge in [-0.25, -0.2) is 4.39 Å². The van der Waals surface area contributed by atoms with E-state index in [1.165, 1.54) is 6.07 Å². The summed E-state index contributed by atoms with van der Waals surface area (Å²) in [5.74, 6) is 0.0207. The van der Waals surface area contributed by atoms with Crippen LogP contribution in [-0.2, 0) is 13.0 Å². The number of benzene rings is 1. The fourth-order valence-corrected chi connectivity index (χ4v) is 3.58. The van der Waals surface area contributed by atoms with Gasteiger partial charge in [0.25, 0.3) is 0 Å². The Bertz CT molecular complexity index is 821. The van der Waals surface area contributed by atoms with Gasteiger partial charge < -0.3 is 4.90 Å². The van der Waals surface area contributed by atoms with E-state index >= 15 is 0 Å². The van der Waals surface area contributed by atoms with Crippen molar-refractivity contribution in [2.45, 2.75) is 26.8 Å². The summed E-state index contributed by atoms with van der Waals surface area (Å²) in [6, 6.07) is 9.32. The fourth-order valence-electron chi connectivity index (χ4n) is 3.47. The lowest BCUT2D eigenvalue weighted by Gasteiger charge is -2.36. The van der Waals surface area contributed by atoms with Gasteiger partial charge in [-0.3, -0.25) is 9.88 Å². The average Bonchev–Trinajstić information content (AvgIpc) is 2.63. The molecule has 142 valence electrons. The highest BCUT2D eigenvalue weighted by Crippen LogP contribution is 2.27. The quantitative estimate of drug-likeness (QED) is 0.769. The highest BCUT2D eigenvalue weighted by molar-refractivity contribution is 6.30. The van der Waals surface area contributed by atoms with Crippen LogP contribution in [0.3, 0.4) is 0 Å². The van der Waals surface area contributed by atoms with Crippen LogP contribution in [-0.4, -0.2) is 36.1 Å². The normalized spacial score (nSPS) is 15.2. The number of nitrogens with zero attached hydrogens (tertiary/aromatic N) is 4. The Morgan fingerprint density at radius 1 is 1.22 bits per heavy atom. The van der Waals surface area contributed by atoms with Crippen molar-refractivity contribution in [1.82, 2.24) is 9.88 Å². The van der Waals surface area contributed by atoms with Crippen molar-refractivity contribution in [3.05, 3.63) is 58.1 Å². The van der Waals surface area contributed by atoms with Crippen molar-refractivity contribution in [3.63, 3.8) is 0 Å². The van der Waals surface area contributed by atoms with Gasteiger partial charge in [0.15, 0.2) is 0 Å². The van der Waals surface area contributed by atoms with Gasteiger partial charge in [-0.05, 0) is 42.2 Å². The SMILES string of the molecule is CC(C)Cc1cc(F)c(C#N)c(N2CCN(Cc3ccc(Cl)cn3)CC2)c1. The zero-order valence-corrected chi connectivity index (χ0v) is 16.5. The van der Waals surface area contributed by atoms with Crippen LogP contribution < -0.4 is 4.90 Å². The molecule has 0 aliphatic carbocycles. The Morgan fingerprint density at radius 3 is 2.56 bits per heavy atom. The highest BCUT2D eigenvalue weighted by Gasteiger charge is 2.22. The Morgan fingerprint density at radius 2 is 1.96 bits per heavy atom. The smallest absolute Gasteiger partial charge is 0.143 e. The molecule has 2 aromatic rings. The van der Waals surface area contributed by atoms with E-state index in [0.29, 0.717) is 10.9 Å².